The summed E-state index contributed by atoms with van der Waals surface area (Å²) >= 11 is 0. The molecule has 1 aromatic heterocycles. The van der Waals surface area contributed by atoms with Gasteiger partial charge in [0.1, 0.15) is 11.5 Å². The zero-order chi connectivity index (χ0) is 18.8. The largest absolute Gasteiger partial charge is 0.457 e. The van der Waals surface area contributed by atoms with Crippen LogP contribution in [0.2, 0.25) is 0 Å². The number of aromatic nitrogens is 3. The van der Waals surface area contributed by atoms with E-state index in [1.165, 1.54) is 0 Å². The molecule has 27 heavy (non-hydrogen) atoms. The SMILES string of the molecule is Cc1ccc(-n2c(-c3ccc(Oc4ccccc4)cc3)n[nH]c2=O)c(C)c1. The maximum Gasteiger partial charge on any atom is 0.348 e. The van der Waals surface area contributed by atoms with Gasteiger partial charge >= 0.3 is 5.69 Å². The Morgan fingerprint density at radius 3 is 2.30 bits per heavy atom. The summed E-state index contributed by atoms with van der Waals surface area (Å²) in [6.07, 6.45) is 0. The molecule has 0 aliphatic carbocycles. The summed E-state index contributed by atoms with van der Waals surface area (Å²) in [6.45, 7) is 4.02. The molecule has 0 amide bonds. The molecule has 0 saturated heterocycles. The second kappa shape index (κ2) is 6.96. The molecular weight excluding hydrogens is 338 g/mol. The van der Waals surface area contributed by atoms with Gasteiger partial charge in [0.2, 0.25) is 0 Å². The van der Waals surface area contributed by atoms with Gasteiger partial charge in [0.25, 0.3) is 0 Å². The molecule has 1 heterocycles. The van der Waals surface area contributed by atoms with Crippen molar-refractivity contribution >= 4 is 0 Å². The minimum atomic E-state index is -0.262. The van der Waals surface area contributed by atoms with Crippen LogP contribution in [-0.2, 0) is 0 Å². The number of nitrogens with zero attached hydrogens (tertiary/aromatic N) is 2. The number of rotatable bonds is 4. The normalized spacial score (nSPS) is 10.7. The third-order valence-electron chi connectivity index (χ3n) is 4.36. The molecule has 0 aliphatic rings. The summed E-state index contributed by atoms with van der Waals surface area (Å²) in [5.74, 6) is 2.07. The number of benzene rings is 3. The molecular formula is C22H19N3O2. The van der Waals surface area contributed by atoms with Crippen molar-refractivity contribution in [3.63, 3.8) is 0 Å². The molecule has 0 radical (unpaired) electrons. The minimum absolute atomic E-state index is 0.262. The highest BCUT2D eigenvalue weighted by molar-refractivity contribution is 5.60. The van der Waals surface area contributed by atoms with Crippen molar-refractivity contribution in [3.8, 4) is 28.6 Å². The molecule has 1 N–H and O–H groups in total. The number of ether oxygens (including phenoxy) is 1. The zero-order valence-corrected chi connectivity index (χ0v) is 15.1. The summed E-state index contributed by atoms with van der Waals surface area (Å²) in [5, 5.41) is 6.78. The first-order valence-electron chi connectivity index (χ1n) is 8.70. The van der Waals surface area contributed by atoms with Crippen LogP contribution in [0.15, 0.2) is 77.6 Å². The topological polar surface area (TPSA) is 59.9 Å². The van der Waals surface area contributed by atoms with Gasteiger partial charge < -0.3 is 4.74 Å². The maximum absolute atomic E-state index is 12.4. The minimum Gasteiger partial charge on any atom is -0.457 e. The van der Waals surface area contributed by atoms with Crippen LogP contribution >= 0.6 is 0 Å². The first kappa shape index (κ1) is 16.8. The lowest BCUT2D eigenvalue weighted by atomic mass is 10.1. The summed E-state index contributed by atoms with van der Waals surface area (Å²) in [7, 11) is 0. The molecule has 5 nitrogen and oxygen atoms in total. The Labute approximate surface area is 156 Å². The predicted octanol–water partition coefficient (Wildman–Crippen LogP) is 4.64. The smallest absolute Gasteiger partial charge is 0.348 e. The Balaban J connectivity index is 1.69. The van der Waals surface area contributed by atoms with Gasteiger partial charge in [0.05, 0.1) is 5.69 Å². The lowest BCUT2D eigenvalue weighted by Gasteiger charge is -2.10. The Kier molecular flexibility index (Phi) is 4.34. The predicted molar refractivity (Wildman–Crippen MR) is 106 cm³/mol. The van der Waals surface area contributed by atoms with Gasteiger partial charge in [0, 0.05) is 5.56 Å². The van der Waals surface area contributed by atoms with Crippen LogP contribution in [0.5, 0.6) is 11.5 Å². The first-order chi connectivity index (χ1) is 13.1. The Morgan fingerprint density at radius 2 is 1.59 bits per heavy atom. The van der Waals surface area contributed by atoms with Crippen LogP contribution in [0.25, 0.3) is 17.1 Å². The number of para-hydroxylation sites is 1. The molecule has 4 rings (SSSR count). The fraction of sp³-hybridized carbons (Fsp3) is 0.0909. The lowest BCUT2D eigenvalue weighted by Crippen LogP contribution is -2.16. The van der Waals surface area contributed by atoms with Crippen molar-refractivity contribution in [2.45, 2.75) is 13.8 Å². The highest BCUT2D eigenvalue weighted by Crippen LogP contribution is 2.26. The zero-order valence-electron chi connectivity index (χ0n) is 15.1. The van der Waals surface area contributed by atoms with Gasteiger partial charge in [-0.3, -0.25) is 0 Å². The molecule has 0 saturated carbocycles. The summed E-state index contributed by atoms with van der Waals surface area (Å²) < 4.78 is 7.42. The molecule has 134 valence electrons. The van der Waals surface area contributed by atoms with E-state index in [0.717, 1.165) is 33.9 Å². The molecule has 4 aromatic rings. The summed E-state index contributed by atoms with van der Waals surface area (Å²) in [4.78, 5) is 12.4. The molecule has 0 atom stereocenters. The van der Waals surface area contributed by atoms with Crippen molar-refractivity contribution in [2.24, 2.45) is 0 Å². The highest BCUT2D eigenvalue weighted by atomic mass is 16.5. The molecule has 0 unspecified atom stereocenters. The average molecular weight is 357 g/mol. The third kappa shape index (κ3) is 3.40. The average Bonchev–Trinajstić information content (AvgIpc) is 3.05. The van der Waals surface area contributed by atoms with E-state index in [4.69, 9.17) is 4.74 Å². The van der Waals surface area contributed by atoms with E-state index in [2.05, 4.69) is 16.3 Å². The van der Waals surface area contributed by atoms with Crippen LogP contribution in [0.3, 0.4) is 0 Å². The van der Waals surface area contributed by atoms with Gasteiger partial charge in [-0.25, -0.2) is 14.5 Å². The van der Waals surface area contributed by atoms with Crippen molar-refractivity contribution in [1.29, 1.82) is 0 Å². The molecule has 0 bridgehead atoms. The van der Waals surface area contributed by atoms with E-state index in [9.17, 15) is 4.79 Å². The van der Waals surface area contributed by atoms with E-state index in [0.29, 0.717) is 5.82 Å². The van der Waals surface area contributed by atoms with E-state index in [1.54, 1.807) is 4.57 Å². The van der Waals surface area contributed by atoms with Crippen LogP contribution in [0.4, 0.5) is 0 Å². The fourth-order valence-electron chi connectivity index (χ4n) is 3.07. The molecule has 3 aromatic carbocycles. The number of nitrogens with one attached hydrogen (secondary N) is 1. The quantitative estimate of drug-likeness (QED) is 0.579. The monoisotopic (exact) mass is 357 g/mol. The highest BCUT2D eigenvalue weighted by Gasteiger charge is 2.14. The number of hydrogen-bond donors (Lipinski definition) is 1. The van der Waals surface area contributed by atoms with Crippen molar-refractivity contribution in [2.75, 3.05) is 0 Å². The van der Waals surface area contributed by atoms with Crippen molar-refractivity contribution < 1.29 is 4.74 Å². The Morgan fingerprint density at radius 1 is 0.889 bits per heavy atom. The van der Waals surface area contributed by atoms with Crippen molar-refractivity contribution in [3.05, 3.63) is 94.4 Å². The lowest BCUT2D eigenvalue weighted by molar-refractivity contribution is 0.483. The van der Waals surface area contributed by atoms with Crippen LogP contribution in [-0.4, -0.2) is 14.8 Å². The fourth-order valence-corrected chi connectivity index (χ4v) is 3.07. The third-order valence-corrected chi connectivity index (χ3v) is 4.36. The standard InChI is InChI=1S/C22H19N3O2/c1-15-8-13-20(16(2)14-15)25-21(23-24-22(25)26)17-9-11-19(12-10-17)27-18-6-4-3-5-7-18/h3-14H,1-2H3,(H,24,26). The first-order valence-corrected chi connectivity index (χ1v) is 8.70. The summed E-state index contributed by atoms with van der Waals surface area (Å²) in [5.41, 5.74) is 3.55. The van der Waals surface area contributed by atoms with Gasteiger partial charge in [-0.05, 0) is 61.9 Å². The maximum atomic E-state index is 12.4. The Hall–Kier alpha value is -3.60. The van der Waals surface area contributed by atoms with Crippen LogP contribution < -0.4 is 10.4 Å². The molecule has 0 spiro atoms. The molecule has 0 fully saturated rings. The van der Waals surface area contributed by atoms with Gasteiger partial charge in [-0.15, -0.1) is 0 Å². The van der Waals surface area contributed by atoms with E-state index in [-0.39, 0.29) is 5.69 Å². The molecule has 0 aliphatic heterocycles. The molecule has 5 heteroatoms. The number of aryl methyl sites for hydroxylation is 2. The Bertz CT molecular complexity index is 1130. The van der Waals surface area contributed by atoms with Gasteiger partial charge in [0.15, 0.2) is 5.82 Å². The van der Waals surface area contributed by atoms with Crippen LogP contribution in [0, 0.1) is 13.8 Å². The second-order valence-electron chi connectivity index (χ2n) is 6.42. The van der Waals surface area contributed by atoms with Crippen molar-refractivity contribution in [1.82, 2.24) is 14.8 Å². The number of aromatic amines is 1. The number of H-pyrrole nitrogens is 1. The van der Waals surface area contributed by atoms with Crippen LogP contribution in [0.1, 0.15) is 11.1 Å². The second-order valence-corrected chi connectivity index (χ2v) is 6.42. The van der Waals surface area contributed by atoms with E-state index >= 15 is 0 Å². The number of hydrogen-bond acceptors (Lipinski definition) is 3. The van der Waals surface area contributed by atoms with E-state index in [1.807, 2.05) is 80.6 Å². The van der Waals surface area contributed by atoms with Gasteiger partial charge in [-0.1, -0.05) is 35.9 Å². The van der Waals surface area contributed by atoms with Gasteiger partial charge in [-0.2, -0.15) is 5.10 Å². The van der Waals surface area contributed by atoms with E-state index < -0.39 is 0 Å². The summed E-state index contributed by atoms with van der Waals surface area (Å²) in [6, 6.07) is 23.1.